The van der Waals surface area contributed by atoms with Gasteiger partial charge in [-0.3, -0.25) is 4.79 Å². The number of hydrogen-bond donors (Lipinski definition) is 1. The number of rotatable bonds is 6. The van der Waals surface area contributed by atoms with E-state index < -0.39 is 5.97 Å². The van der Waals surface area contributed by atoms with Gasteiger partial charge in [-0.25, -0.2) is 4.79 Å². The minimum atomic E-state index is -0.632. The van der Waals surface area contributed by atoms with Crippen LogP contribution in [0.25, 0.3) is 0 Å². The molecule has 0 bridgehead atoms. The van der Waals surface area contributed by atoms with Gasteiger partial charge in [0, 0.05) is 11.1 Å². The van der Waals surface area contributed by atoms with E-state index in [9.17, 15) is 9.59 Å². The molecule has 0 radical (unpaired) electrons. The van der Waals surface area contributed by atoms with Crippen LogP contribution in [0.1, 0.15) is 32.6 Å². The molecule has 1 aliphatic rings. The first-order chi connectivity index (χ1) is 11.5. The second-order valence-corrected chi connectivity index (χ2v) is 6.80. The highest BCUT2D eigenvalue weighted by molar-refractivity contribution is 6.35. The van der Waals surface area contributed by atoms with Gasteiger partial charge in [0.15, 0.2) is 13.2 Å². The smallest absolute Gasteiger partial charge is 0.344 e. The molecular weight excluding hydrogens is 353 g/mol. The monoisotopic (exact) mass is 373 g/mol. The first kappa shape index (κ1) is 18.9. The van der Waals surface area contributed by atoms with Crippen LogP contribution in [-0.4, -0.2) is 31.1 Å². The van der Waals surface area contributed by atoms with Crippen molar-refractivity contribution in [3.05, 3.63) is 28.2 Å². The third kappa shape index (κ3) is 5.87. The number of ether oxygens (including phenoxy) is 2. The Hall–Kier alpha value is -1.46. The van der Waals surface area contributed by atoms with Crippen LogP contribution in [0.2, 0.25) is 10.0 Å². The highest BCUT2D eigenvalue weighted by atomic mass is 35.5. The van der Waals surface area contributed by atoms with Gasteiger partial charge in [0.2, 0.25) is 0 Å². The maximum atomic E-state index is 11.9. The van der Waals surface area contributed by atoms with E-state index in [1.54, 1.807) is 12.1 Å². The van der Waals surface area contributed by atoms with Gasteiger partial charge in [-0.1, -0.05) is 43.0 Å². The van der Waals surface area contributed by atoms with Crippen molar-refractivity contribution in [2.75, 3.05) is 13.2 Å². The van der Waals surface area contributed by atoms with Crippen molar-refractivity contribution in [1.29, 1.82) is 0 Å². The van der Waals surface area contributed by atoms with Gasteiger partial charge in [0.25, 0.3) is 5.91 Å². The summed E-state index contributed by atoms with van der Waals surface area (Å²) in [4.78, 5) is 23.5. The van der Waals surface area contributed by atoms with Gasteiger partial charge in [-0.05, 0) is 37.0 Å². The average molecular weight is 374 g/mol. The molecule has 0 spiro atoms. The van der Waals surface area contributed by atoms with Crippen LogP contribution >= 0.6 is 23.2 Å². The Kier molecular flexibility index (Phi) is 7.18. The Bertz CT molecular complexity index is 594. The predicted molar refractivity (Wildman–Crippen MR) is 92.5 cm³/mol. The zero-order chi connectivity index (χ0) is 17.5. The molecule has 1 amide bonds. The first-order valence-electron chi connectivity index (χ1n) is 7.98. The molecule has 1 aromatic rings. The summed E-state index contributed by atoms with van der Waals surface area (Å²) in [5.41, 5.74) is 0. The summed E-state index contributed by atoms with van der Waals surface area (Å²) >= 11 is 11.7. The van der Waals surface area contributed by atoms with Crippen LogP contribution in [-0.2, 0) is 14.3 Å². The summed E-state index contributed by atoms with van der Waals surface area (Å²) in [6, 6.07) is 4.85. The lowest BCUT2D eigenvalue weighted by atomic mass is 9.86. The largest absolute Gasteiger partial charge is 0.480 e. The van der Waals surface area contributed by atoms with Crippen molar-refractivity contribution in [1.82, 2.24) is 5.32 Å². The number of nitrogens with one attached hydrogen (secondary N) is 1. The molecule has 0 aliphatic heterocycles. The van der Waals surface area contributed by atoms with E-state index in [2.05, 4.69) is 12.2 Å². The fourth-order valence-corrected chi connectivity index (χ4v) is 3.16. The van der Waals surface area contributed by atoms with E-state index in [1.165, 1.54) is 12.5 Å². The van der Waals surface area contributed by atoms with E-state index in [4.69, 9.17) is 32.7 Å². The van der Waals surface area contributed by atoms with Gasteiger partial charge in [0.05, 0.1) is 5.02 Å². The summed E-state index contributed by atoms with van der Waals surface area (Å²) in [7, 11) is 0. The first-order valence-corrected chi connectivity index (χ1v) is 8.74. The third-order valence-corrected chi connectivity index (χ3v) is 4.59. The molecular formula is C17H21Cl2NO4. The summed E-state index contributed by atoms with van der Waals surface area (Å²) in [6.07, 6.45) is 4.40. The standard InChI is InChI=1S/C17H21Cl2NO4/c1-11-4-2-3-5-14(11)20-16(21)9-24-17(22)10-23-15-7-6-12(18)8-13(15)19/h6-8,11,14H,2-5,9-10H2,1H3,(H,20,21)/t11-,14+/m0/s1. The summed E-state index contributed by atoms with van der Waals surface area (Å²) in [5, 5.41) is 3.70. The topological polar surface area (TPSA) is 64.6 Å². The number of carbonyl (C=O) groups excluding carboxylic acids is 2. The van der Waals surface area contributed by atoms with Crippen molar-refractivity contribution in [3.63, 3.8) is 0 Å². The van der Waals surface area contributed by atoms with Crippen LogP contribution in [0, 0.1) is 5.92 Å². The molecule has 2 rings (SSSR count). The second-order valence-electron chi connectivity index (χ2n) is 5.96. The van der Waals surface area contributed by atoms with Gasteiger partial charge in [-0.15, -0.1) is 0 Å². The lowest BCUT2D eigenvalue weighted by Gasteiger charge is -2.29. The third-order valence-electron chi connectivity index (χ3n) is 4.06. The van der Waals surface area contributed by atoms with E-state index >= 15 is 0 Å². The minimum absolute atomic E-state index is 0.161. The summed E-state index contributed by atoms with van der Waals surface area (Å²) < 4.78 is 10.2. The van der Waals surface area contributed by atoms with Gasteiger partial charge in [-0.2, -0.15) is 0 Å². The lowest BCUT2D eigenvalue weighted by Crippen LogP contribution is -2.43. The Morgan fingerprint density at radius 2 is 1.96 bits per heavy atom. The normalized spacial score (nSPS) is 20.3. The molecule has 132 valence electrons. The Balaban J connectivity index is 1.69. The number of benzene rings is 1. The molecule has 1 saturated carbocycles. The van der Waals surface area contributed by atoms with Crippen molar-refractivity contribution >= 4 is 35.1 Å². The molecule has 24 heavy (non-hydrogen) atoms. The second kappa shape index (κ2) is 9.14. The number of halogens is 2. The van der Waals surface area contributed by atoms with Crippen molar-refractivity contribution < 1.29 is 19.1 Å². The molecule has 0 aromatic heterocycles. The molecule has 0 unspecified atom stereocenters. The zero-order valence-electron chi connectivity index (χ0n) is 13.5. The fourth-order valence-electron chi connectivity index (χ4n) is 2.70. The zero-order valence-corrected chi connectivity index (χ0v) is 15.0. The van der Waals surface area contributed by atoms with E-state index in [1.807, 2.05) is 0 Å². The van der Waals surface area contributed by atoms with Crippen molar-refractivity contribution in [3.8, 4) is 5.75 Å². The number of hydrogen-bond acceptors (Lipinski definition) is 4. The van der Waals surface area contributed by atoms with Crippen molar-refractivity contribution in [2.45, 2.75) is 38.6 Å². The lowest BCUT2D eigenvalue weighted by molar-refractivity contribution is -0.150. The highest BCUT2D eigenvalue weighted by Crippen LogP contribution is 2.27. The van der Waals surface area contributed by atoms with Gasteiger partial charge in [0.1, 0.15) is 5.75 Å². The molecule has 0 saturated heterocycles. The maximum Gasteiger partial charge on any atom is 0.344 e. The SMILES string of the molecule is C[C@H]1CCCC[C@H]1NC(=O)COC(=O)COc1ccc(Cl)cc1Cl. The van der Waals surface area contributed by atoms with Crippen LogP contribution in [0.5, 0.6) is 5.75 Å². The van der Waals surface area contributed by atoms with E-state index in [0.29, 0.717) is 21.7 Å². The molecule has 0 heterocycles. The minimum Gasteiger partial charge on any atom is -0.480 e. The number of amides is 1. The number of carbonyl (C=O) groups is 2. The van der Waals surface area contributed by atoms with Gasteiger partial charge >= 0.3 is 5.97 Å². The molecule has 1 N–H and O–H groups in total. The highest BCUT2D eigenvalue weighted by Gasteiger charge is 2.23. The van der Waals surface area contributed by atoms with Crippen LogP contribution in [0.15, 0.2) is 18.2 Å². The van der Waals surface area contributed by atoms with Crippen LogP contribution < -0.4 is 10.1 Å². The Morgan fingerprint density at radius 1 is 1.21 bits per heavy atom. The number of esters is 1. The van der Waals surface area contributed by atoms with Crippen molar-refractivity contribution in [2.24, 2.45) is 5.92 Å². The molecule has 1 fully saturated rings. The Morgan fingerprint density at radius 3 is 2.67 bits per heavy atom. The van der Waals surface area contributed by atoms with E-state index in [0.717, 1.165) is 19.3 Å². The molecule has 1 aromatic carbocycles. The fraction of sp³-hybridized carbons (Fsp3) is 0.529. The van der Waals surface area contributed by atoms with Crippen LogP contribution in [0.4, 0.5) is 0 Å². The van der Waals surface area contributed by atoms with Gasteiger partial charge < -0.3 is 14.8 Å². The van der Waals surface area contributed by atoms with E-state index in [-0.39, 0.29) is 25.2 Å². The Labute approximate surface area is 151 Å². The molecule has 2 atom stereocenters. The predicted octanol–water partition coefficient (Wildman–Crippen LogP) is 3.61. The summed E-state index contributed by atoms with van der Waals surface area (Å²) in [6.45, 7) is 1.49. The molecule has 1 aliphatic carbocycles. The molecule has 7 heteroatoms. The summed E-state index contributed by atoms with van der Waals surface area (Å²) in [5.74, 6) is -0.133. The average Bonchev–Trinajstić information content (AvgIpc) is 2.54. The maximum absolute atomic E-state index is 11.9. The quantitative estimate of drug-likeness (QED) is 0.773. The van der Waals surface area contributed by atoms with Crippen LogP contribution in [0.3, 0.4) is 0 Å². The molecule has 5 nitrogen and oxygen atoms in total.